The number of carbonyl (C=O) groups excluding carboxylic acids is 1. The second-order valence-electron chi connectivity index (χ2n) is 6.26. The SMILES string of the molecule is O=C(OCc1ccccc1)N1CCN(c2ccc3[nH]ccc3c2)CC1. The molecule has 0 aliphatic carbocycles. The zero-order valence-electron chi connectivity index (χ0n) is 14.0. The number of hydrogen-bond acceptors (Lipinski definition) is 3. The van der Waals surface area contributed by atoms with E-state index in [1.54, 1.807) is 4.90 Å². The quantitative estimate of drug-likeness (QED) is 0.795. The summed E-state index contributed by atoms with van der Waals surface area (Å²) in [4.78, 5) is 19.5. The predicted octanol–water partition coefficient (Wildman–Crippen LogP) is 3.63. The highest BCUT2D eigenvalue weighted by Gasteiger charge is 2.22. The van der Waals surface area contributed by atoms with Gasteiger partial charge in [-0.3, -0.25) is 0 Å². The molecule has 1 fully saturated rings. The summed E-state index contributed by atoms with van der Waals surface area (Å²) in [6, 6.07) is 18.3. The van der Waals surface area contributed by atoms with Gasteiger partial charge in [-0.15, -0.1) is 0 Å². The van der Waals surface area contributed by atoms with Gasteiger partial charge in [0.25, 0.3) is 0 Å². The van der Waals surface area contributed by atoms with Crippen molar-refractivity contribution >= 4 is 22.7 Å². The summed E-state index contributed by atoms with van der Waals surface area (Å²) < 4.78 is 5.42. The number of ether oxygens (including phenoxy) is 1. The Morgan fingerprint density at radius 1 is 1.00 bits per heavy atom. The van der Waals surface area contributed by atoms with Crippen LogP contribution in [-0.2, 0) is 11.3 Å². The molecule has 1 aliphatic heterocycles. The Hall–Kier alpha value is -2.95. The van der Waals surface area contributed by atoms with Crippen LogP contribution in [-0.4, -0.2) is 42.2 Å². The number of anilines is 1. The van der Waals surface area contributed by atoms with Gasteiger partial charge in [0.1, 0.15) is 6.61 Å². The number of rotatable bonds is 3. The van der Waals surface area contributed by atoms with E-state index in [-0.39, 0.29) is 6.09 Å². The van der Waals surface area contributed by atoms with E-state index in [4.69, 9.17) is 4.74 Å². The number of fused-ring (bicyclic) bond motifs is 1. The smallest absolute Gasteiger partial charge is 0.410 e. The summed E-state index contributed by atoms with van der Waals surface area (Å²) in [5, 5.41) is 1.21. The summed E-state index contributed by atoms with van der Waals surface area (Å²) in [6.07, 6.45) is 1.72. The first kappa shape index (κ1) is 15.6. The second kappa shape index (κ2) is 6.89. The molecule has 0 radical (unpaired) electrons. The number of H-pyrrole nitrogens is 1. The van der Waals surface area contributed by atoms with Crippen LogP contribution in [0.5, 0.6) is 0 Å². The minimum absolute atomic E-state index is 0.232. The Morgan fingerprint density at radius 2 is 1.80 bits per heavy atom. The van der Waals surface area contributed by atoms with Crippen molar-refractivity contribution in [1.82, 2.24) is 9.88 Å². The van der Waals surface area contributed by atoms with Gasteiger partial charge in [-0.05, 0) is 29.8 Å². The first-order valence-electron chi connectivity index (χ1n) is 8.57. The monoisotopic (exact) mass is 335 g/mol. The highest BCUT2D eigenvalue weighted by molar-refractivity contribution is 5.83. The minimum Gasteiger partial charge on any atom is -0.445 e. The van der Waals surface area contributed by atoms with E-state index >= 15 is 0 Å². The van der Waals surface area contributed by atoms with Gasteiger partial charge in [-0.1, -0.05) is 30.3 Å². The Kier molecular flexibility index (Phi) is 4.29. The lowest BCUT2D eigenvalue weighted by Gasteiger charge is -2.35. The van der Waals surface area contributed by atoms with Crippen LogP contribution in [0.25, 0.3) is 10.9 Å². The van der Waals surface area contributed by atoms with E-state index in [9.17, 15) is 4.79 Å². The van der Waals surface area contributed by atoms with E-state index in [1.165, 1.54) is 11.1 Å². The van der Waals surface area contributed by atoms with Gasteiger partial charge in [0.05, 0.1) is 0 Å². The second-order valence-corrected chi connectivity index (χ2v) is 6.26. The van der Waals surface area contributed by atoms with Crippen molar-refractivity contribution in [2.24, 2.45) is 0 Å². The maximum absolute atomic E-state index is 12.2. The first-order valence-corrected chi connectivity index (χ1v) is 8.57. The van der Waals surface area contributed by atoms with E-state index in [1.807, 2.05) is 36.5 Å². The molecule has 25 heavy (non-hydrogen) atoms. The number of benzene rings is 2. The van der Waals surface area contributed by atoms with Gasteiger partial charge >= 0.3 is 6.09 Å². The Morgan fingerprint density at radius 3 is 2.60 bits per heavy atom. The van der Waals surface area contributed by atoms with E-state index < -0.39 is 0 Å². The molecule has 1 saturated heterocycles. The van der Waals surface area contributed by atoms with Crippen LogP contribution in [0, 0.1) is 0 Å². The molecule has 5 heteroatoms. The van der Waals surface area contributed by atoms with Crippen LogP contribution in [0.3, 0.4) is 0 Å². The summed E-state index contributed by atoms with van der Waals surface area (Å²) >= 11 is 0. The fraction of sp³-hybridized carbons (Fsp3) is 0.250. The molecule has 5 nitrogen and oxygen atoms in total. The fourth-order valence-electron chi connectivity index (χ4n) is 3.20. The van der Waals surface area contributed by atoms with Crippen LogP contribution >= 0.6 is 0 Å². The molecule has 0 bridgehead atoms. The standard InChI is InChI=1S/C20H21N3O2/c24-20(25-15-16-4-2-1-3-5-16)23-12-10-22(11-13-23)18-6-7-19-17(14-18)8-9-21-19/h1-9,14,21H,10-13,15H2. The molecule has 1 aliphatic rings. The van der Waals surface area contributed by atoms with Gasteiger partial charge in [0, 0.05) is 49.0 Å². The molecule has 2 aromatic carbocycles. The van der Waals surface area contributed by atoms with Gasteiger partial charge in [-0.2, -0.15) is 0 Å². The lowest BCUT2D eigenvalue weighted by Crippen LogP contribution is -2.48. The van der Waals surface area contributed by atoms with Crippen molar-refractivity contribution in [3.05, 3.63) is 66.4 Å². The molecule has 0 saturated carbocycles. The maximum atomic E-state index is 12.2. The third-order valence-electron chi connectivity index (χ3n) is 4.65. The number of nitrogens with zero attached hydrogens (tertiary/aromatic N) is 2. The van der Waals surface area contributed by atoms with Gasteiger partial charge < -0.3 is 19.5 Å². The number of nitrogens with one attached hydrogen (secondary N) is 1. The fourth-order valence-corrected chi connectivity index (χ4v) is 3.20. The molecule has 3 aromatic rings. The molecule has 0 atom stereocenters. The number of amides is 1. The zero-order chi connectivity index (χ0) is 17.1. The number of hydrogen-bond donors (Lipinski definition) is 1. The van der Waals surface area contributed by atoms with Gasteiger partial charge in [-0.25, -0.2) is 4.79 Å². The summed E-state index contributed by atoms with van der Waals surface area (Å²) in [5.74, 6) is 0. The van der Waals surface area contributed by atoms with Crippen molar-refractivity contribution in [1.29, 1.82) is 0 Å². The average molecular weight is 335 g/mol. The van der Waals surface area contributed by atoms with Crippen LogP contribution in [0.2, 0.25) is 0 Å². The third-order valence-corrected chi connectivity index (χ3v) is 4.65. The largest absolute Gasteiger partial charge is 0.445 e. The molecule has 1 N–H and O–H groups in total. The molecule has 4 rings (SSSR count). The highest BCUT2D eigenvalue weighted by Crippen LogP contribution is 2.22. The molecule has 0 spiro atoms. The molecule has 2 heterocycles. The maximum Gasteiger partial charge on any atom is 0.410 e. The molecular weight excluding hydrogens is 314 g/mol. The van der Waals surface area contributed by atoms with E-state index in [0.717, 1.165) is 24.2 Å². The normalized spacial score (nSPS) is 14.7. The van der Waals surface area contributed by atoms with Crippen LogP contribution in [0.15, 0.2) is 60.8 Å². The zero-order valence-corrected chi connectivity index (χ0v) is 14.0. The van der Waals surface area contributed by atoms with E-state index in [2.05, 4.69) is 34.1 Å². The third kappa shape index (κ3) is 3.45. The average Bonchev–Trinajstić information content (AvgIpc) is 3.15. The molecule has 1 aromatic heterocycles. The lowest BCUT2D eigenvalue weighted by atomic mass is 10.2. The predicted molar refractivity (Wildman–Crippen MR) is 98.7 cm³/mol. The minimum atomic E-state index is -0.232. The number of aromatic nitrogens is 1. The summed E-state index contributed by atoms with van der Waals surface area (Å²) in [7, 11) is 0. The number of piperazine rings is 1. The van der Waals surface area contributed by atoms with Gasteiger partial charge in [0.15, 0.2) is 0 Å². The summed E-state index contributed by atoms with van der Waals surface area (Å²) in [6.45, 7) is 3.31. The van der Waals surface area contributed by atoms with Crippen LogP contribution < -0.4 is 4.90 Å². The first-order chi connectivity index (χ1) is 12.3. The Labute approximate surface area is 146 Å². The molecule has 128 valence electrons. The topological polar surface area (TPSA) is 48.6 Å². The van der Waals surface area contributed by atoms with E-state index in [0.29, 0.717) is 19.7 Å². The van der Waals surface area contributed by atoms with Crippen molar-refractivity contribution in [2.45, 2.75) is 6.61 Å². The van der Waals surface area contributed by atoms with Gasteiger partial charge in [0.2, 0.25) is 0 Å². The Bertz CT molecular complexity index is 852. The van der Waals surface area contributed by atoms with Crippen LogP contribution in [0.4, 0.5) is 10.5 Å². The van der Waals surface area contributed by atoms with Crippen molar-refractivity contribution < 1.29 is 9.53 Å². The van der Waals surface area contributed by atoms with Crippen LogP contribution in [0.1, 0.15) is 5.56 Å². The molecule has 1 amide bonds. The summed E-state index contributed by atoms with van der Waals surface area (Å²) in [5.41, 5.74) is 3.35. The lowest BCUT2D eigenvalue weighted by molar-refractivity contribution is 0.0942. The Balaban J connectivity index is 1.32. The van der Waals surface area contributed by atoms with Crippen molar-refractivity contribution in [3.8, 4) is 0 Å². The highest BCUT2D eigenvalue weighted by atomic mass is 16.6. The number of aromatic amines is 1. The van der Waals surface area contributed by atoms with Crippen molar-refractivity contribution in [3.63, 3.8) is 0 Å². The molecule has 0 unspecified atom stereocenters. The number of carbonyl (C=O) groups is 1. The molecular formula is C20H21N3O2. The van der Waals surface area contributed by atoms with Crippen molar-refractivity contribution in [2.75, 3.05) is 31.1 Å².